The van der Waals surface area contributed by atoms with Crippen LogP contribution in [0.15, 0.2) is 24.5 Å². The molecule has 2 aromatic heterocycles. The lowest BCUT2D eigenvalue weighted by Gasteiger charge is -2.05. The first-order chi connectivity index (χ1) is 8.67. The van der Waals surface area contributed by atoms with E-state index in [-0.39, 0.29) is 29.4 Å². The maximum Gasteiger partial charge on any atom is 0.248 e. The summed E-state index contributed by atoms with van der Waals surface area (Å²) in [7, 11) is 1.45. The van der Waals surface area contributed by atoms with Crippen molar-refractivity contribution in [2.24, 2.45) is 0 Å². The summed E-state index contributed by atoms with van der Waals surface area (Å²) in [5.41, 5.74) is 0. The molecule has 8 heteroatoms. The molecule has 0 fully saturated rings. The number of ether oxygens (including phenoxy) is 1. The zero-order valence-corrected chi connectivity index (χ0v) is 10.3. The van der Waals surface area contributed by atoms with Crippen LogP contribution in [0.25, 0.3) is 0 Å². The van der Waals surface area contributed by atoms with Crippen LogP contribution in [0.1, 0.15) is 0 Å². The van der Waals surface area contributed by atoms with Crippen LogP contribution in [0, 0.1) is 0 Å². The largest absolute Gasteiger partial charge is 0.481 e. The Morgan fingerprint density at radius 2 is 2.39 bits per heavy atom. The lowest BCUT2D eigenvalue weighted by atomic mass is 10.5. The van der Waals surface area contributed by atoms with E-state index in [0.717, 1.165) is 0 Å². The quantitative estimate of drug-likeness (QED) is 0.835. The molecule has 1 N–H and O–H groups in total. The first-order valence-electron chi connectivity index (χ1n) is 5.03. The molecule has 2 rings (SSSR count). The maximum atomic E-state index is 11.7. The average Bonchev–Trinajstić information content (AvgIpc) is 2.80. The second-order valence-corrected chi connectivity index (χ2v) is 3.70. The van der Waals surface area contributed by atoms with Crippen LogP contribution in [0.2, 0.25) is 5.15 Å². The molecule has 1 amide bonds. The van der Waals surface area contributed by atoms with Gasteiger partial charge in [0.2, 0.25) is 17.7 Å². The van der Waals surface area contributed by atoms with Crippen LogP contribution < -0.4 is 10.1 Å². The Morgan fingerprint density at radius 3 is 3.06 bits per heavy atom. The second-order valence-electron chi connectivity index (χ2n) is 3.31. The fraction of sp³-hybridized carbons (Fsp3) is 0.200. The molecule has 0 atom stereocenters. The zero-order valence-electron chi connectivity index (χ0n) is 9.50. The molecular formula is C10H10ClN5O2. The van der Waals surface area contributed by atoms with E-state index in [1.54, 1.807) is 18.5 Å². The van der Waals surface area contributed by atoms with Crippen LogP contribution in [0.5, 0.6) is 5.88 Å². The number of carbonyl (C=O) groups is 1. The lowest BCUT2D eigenvalue weighted by molar-refractivity contribution is -0.116. The molecule has 0 aliphatic rings. The number of aromatic nitrogens is 4. The number of nitrogens with zero attached hydrogens (tertiary/aromatic N) is 4. The van der Waals surface area contributed by atoms with Gasteiger partial charge in [0.25, 0.3) is 0 Å². The zero-order chi connectivity index (χ0) is 13.0. The molecule has 0 saturated heterocycles. The second kappa shape index (κ2) is 5.46. The highest BCUT2D eigenvalue weighted by molar-refractivity contribution is 6.29. The van der Waals surface area contributed by atoms with Gasteiger partial charge in [-0.1, -0.05) is 11.6 Å². The number of halogens is 1. The highest BCUT2D eigenvalue weighted by Gasteiger charge is 2.08. The minimum atomic E-state index is -0.303. The predicted octanol–water partition coefficient (Wildman–Crippen LogP) is 0.974. The minimum Gasteiger partial charge on any atom is -0.481 e. The topological polar surface area (TPSA) is 81.9 Å². The number of carbonyl (C=O) groups excluding carboxylic acids is 1. The maximum absolute atomic E-state index is 11.7. The van der Waals surface area contributed by atoms with Gasteiger partial charge in [0.15, 0.2) is 0 Å². The van der Waals surface area contributed by atoms with Crippen molar-refractivity contribution >= 4 is 23.5 Å². The van der Waals surface area contributed by atoms with Gasteiger partial charge in [0.05, 0.1) is 7.11 Å². The molecular weight excluding hydrogens is 258 g/mol. The smallest absolute Gasteiger partial charge is 0.248 e. The molecule has 2 heterocycles. The average molecular weight is 268 g/mol. The summed E-state index contributed by atoms with van der Waals surface area (Å²) in [6, 6.07) is 3.18. The van der Waals surface area contributed by atoms with Crippen molar-refractivity contribution < 1.29 is 9.53 Å². The van der Waals surface area contributed by atoms with E-state index >= 15 is 0 Å². The number of nitrogens with one attached hydrogen (secondary N) is 1. The van der Waals surface area contributed by atoms with E-state index < -0.39 is 0 Å². The summed E-state index contributed by atoms with van der Waals surface area (Å²) < 4.78 is 6.40. The van der Waals surface area contributed by atoms with Crippen molar-refractivity contribution in [3.63, 3.8) is 0 Å². The molecule has 0 aliphatic carbocycles. The summed E-state index contributed by atoms with van der Waals surface area (Å²) >= 11 is 5.75. The highest BCUT2D eigenvalue weighted by Crippen LogP contribution is 2.15. The Hall–Kier alpha value is -2.15. The number of methoxy groups -OCH3 is 1. The Morgan fingerprint density at radius 1 is 1.56 bits per heavy atom. The molecule has 0 saturated carbocycles. The molecule has 0 radical (unpaired) electrons. The lowest BCUT2D eigenvalue weighted by Crippen LogP contribution is -2.20. The Bertz CT molecular complexity index is 543. The Balaban J connectivity index is 2.04. The third-order valence-corrected chi connectivity index (χ3v) is 2.19. The molecule has 0 spiro atoms. The third-order valence-electron chi connectivity index (χ3n) is 2.00. The van der Waals surface area contributed by atoms with Crippen molar-refractivity contribution in [2.75, 3.05) is 12.4 Å². The van der Waals surface area contributed by atoms with Gasteiger partial charge in [-0.05, 0) is 6.07 Å². The standard InChI is InChI=1S/C10H10ClN5O2/c1-18-9-5-7(11)13-10(15-9)14-8(17)6-16-4-2-3-12-16/h2-5H,6H2,1H3,(H,13,14,15,17). The van der Waals surface area contributed by atoms with Gasteiger partial charge in [-0.2, -0.15) is 10.1 Å². The predicted molar refractivity (Wildman–Crippen MR) is 64.5 cm³/mol. The number of amides is 1. The van der Waals surface area contributed by atoms with Gasteiger partial charge >= 0.3 is 0 Å². The van der Waals surface area contributed by atoms with E-state index in [0.29, 0.717) is 0 Å². The van der Waals surface area contributed by atoms with Crippen molar-refractivity contribution in [2.45, 2.75) is 6.54 Å². The van der Waals surface area contributed by atoms with Gasteiger partial charge < -0.3 is 4.74 Å². The van der Waals surface area contributed by atoms with E-state index in [4.69, 9.17) is 16.3 Å². The Kier molecular flexibility index (Phi) is 3.73. The molecule has 7 nitrogen and oxygen atoms in total. The normalized spacial score (nSPS) is 10.1. The van der Waals surface area contributed by atoms with E-state index in [1.807, 2.05) is 0 Å². The van der Waals surface area contributed by atoms with Crippen molar-refractivity contribution in [1.29, 1.82) is 0 Å². The molecule has 0 bridgehead atoms. The van der Waals surface area contributed by atoms with E-state index in [9.17, 15) is 4.79 Å². The number of anilines is 1. The van der Waals surface area contributed by atoms with Gasteiger partial charge in [0, 0.05) is 18.5 Å². The van der Waals surface area contributed by atoms with Gasteiger partial charge in [0.1, 0.15) is 11.7 Å². The third kappa shape index (κ3) is 3.17. The summed E-state index contributed by atoms with van der Waals surface area (Å²) in [5.74, 6) is 0.0731. The van der Waals surface area contributed by atoms with E-state index in [1.165, 1.54) is 17.9 Å². The van der Waals surface area contributed by atoms with Crippen molar-refractivity contribution in [3.8, 4) is 5.88 Å². The van der Waals surface area contributed by atoms with Crippen LogP contribution in [-0.4, -0.2) is 32.8 Å². The fourth-order valence-electron chi connectivity index (χ4n) is 1.26. The summed E-state index contributed by atoms with van der Waals surface area (Å²) in [6.07, 6.45) is 3.27. The van der Waals surface area contributed by atoms with Gasteiger partial charge in [-0.25, -0.2) is 4.98 Å². The van der Waals surface area contributed by atoms with Crippen molar-refractivity contribution in [3.05, 3.63) is 29.7 Å². The monoisotopic (exact) mass is 267 g/mol. The summed E-state index contributed by atoms with van der Waals surface area (Å²) in [5, 5.41) is 6.61. The molecule has 94 valence electrons. The van der Waals surface area contributed by atoms with Gasteiger partial charge in [-0.15, -0.1) is 0 Å². The molecule has 0 unspecified atom stereocenters. The van der Waals surface area contributed by atoms with Crippen LogP contribution in [0.4, 0.5) is 5.95 Å². The van der Waals surface area contributed by atoms with Crippen LogP contribution >= 0.6 is 11.6 Å². The van der Waals surface area contributed by atoms with Gasteiger partial charge in [-0.3, -0.25) is 14.8 Å². The number of hydrogen-bond donors (Lipinski definition) is 1. The van der Waals surface area contributed by atoms with Crippen LogP contribution in [-0.2, 0) is 11.3 Å². The molecule has 18 heavy (non-hydrogen) atoms. The van der Waals surface area contributed by atoms with Crippen molar-refractivity contribution in [1.82, 2.24) is 19.7 Å². The molecule has 2 aromatic rings. The molecule has 0 aliphatic heterocycles. The first-order valence-corrected chi connectivity index (χ1v) is 5.41. The number of rotatable bonds is 4. The molecule has 0 aromatic carbocycles. The van der Waals surface area contributed by atoms with E-state index in [2.05, 4.69) is 20.4 Å². The fourth-order valence-corrected chi connectivity index (χ4v) is 1.44. The summed E-state index contributed by atoms with van der Waals surface area (Å²) in [6.45, 7) is 0.0746. The number of hydrogen-bond acceptors (Lipinski definition) is 5. The SMILES string of the molecule is COc1cc(Cl)nc(NC(=O)Cn2cccn2)n1. The first kappa shape index (κ1) is 12.3. The Labute approximate surface area is 108 Å². The highest BCUT2D eigenvalue weighted by atomic mass is 35.5. The minimum absolute atomic E-state index is 0.0746. The van der Waals surface area contributed by atoms with Crippen LogP contribution in [0.3, 0.4) is 0 Å². The summed E-state index contributed by atoms with van der Waals surface area (Å²) in [4.78, 5) is 19.5.